The quantitative estimate of drug-likeness (QED) is 0.754. The van der Waals surface area contributed by atoms with Crippen LogP contribution >= 0.6 is 0 Å². The van der Waals surface area contributed by atoms with Gasteiger partial charge in [0.1, 0.15) is 5.82 Å². The van der Waals surface area contributed by atoms with Gasteiger partial charge in [-0.2, -0.15) is 0 Å². The fourth-order valence-electron chi connectivity index (χ4n) is 1.24. The Labute approximate surface area is 77.6 Å². The highest BCUT2D eigenvalue weighted by atomic mass is 16.1. The Kier molecular flexibility index (Phi) is 3.49. The van der Waals surface area contributed by atoms with Gasteiger partial charge in [-0.25, -0.2) is 4.98 Å². The molecule has 0 unspecified atom stereocenters. The molecule has 0 aromatic carbocycles. The molecule has 72 valence electrons. The lowest BCUT2D eigenvalue weighted by Crippen LogP contribution is -2.25. The third-order valence-electron chi connectivity index (χ3n) is 1.86. The molecule has 0 amide bonds. The minimum Gasteiger partial charge on any atom is -0.357 e. The van der Waals surface area contributed by atoms with Gasteiger partial charge in [-0.1, -0.05) is 6.92 Å². The summed E-state index contributed by atoms with van der Waals surface area (Å²) in [4.78, 5) is 19.7. The van der Waals surface area contributed by atoms with Gasteiger partial charge in [0.05, 0.1) is 6.33 Å². The van der Waals surface area contributed by atoms with Crippen molar-refractivity contribution in [2.24, 2.45) is 0 Å². The highest BCUT2D eigenvalue weighted by molar-refractivity contribution is 5.35. The van der Waals surface area contributed by atoms with E-state index in [1.807, 2.05) is 0 Å². The molecule has 4 heteroatoms. The average molecular weight is 181 g/mol. The standard InChI is InChI=1S/C9H15N3O/c1-3-5-12(4-2)8-6-9(13)11-7-10-8/h6-7H,3-5H2,1-2H3,(H,10,11,13). The van der Waals surface area contributed by atoms with Crippen LogP contribution in [0.4, 0.5) is 5.82 Å². The summed E-state index contributed by atoms with van der Waals surface area (Å²) in [5.74, 6) is 0.758. The van der Waals surface area contributed by atoms with Gasteiger partial charge >= 0.3 is 0 Å². The SMILES string of the molecule is CCCN(CC)c1cc(=O)[nH]cn1. The van der Waals surface area contributed by atoms with Gasteiger partial charge in [-0.05, 0) is 13.3 Å². The van der Waals surface area contributed by atoms with Crippen LogP contribution in [0.1, 0.15) is 20.3 Å². The maximum Gasteiger partial charge on any atom is 0.252 e. The number of rotatable bonds is 4. The van der Waals surface area contributed by atoms with Gasteiger partial charge in [0, 0.05) is 19.2 Å². The lowest BCUT2D eigenvalue weighted by Gasteiger charge is -2.20. The predicted octanol–water partition coefficient (Wildman–Crippen LogP) is 1.01. The molecule has 0 radical (unpaired) electrons. The van der Waals surface area contributed by atoms with E-state index in [0.717, 1.165) is 25.3 Å². The number of nitrogens with one attached hydrogen (secondary N) is 1. The van der Waals surface area contributed by atoms with Crippen LogP contribution in [0.5, 0.6) is 0 Å². The van der Waals surface area contributed by atoms with Crippen molar-refractivity contribution >= 4 is 5.82 Å². The van der Waals surface area contributed by atoms with Crippen molar-refractivity contribution in [3.8, 4) is 0 Å². The third-order valence-corrected chi connectivity index (χ3v) is 1.86. The Morgan fingerprint density at radius 2 is 2.31 bits per heavy atom. The zero-order valence-electron chi connectivity index (χ0n) is 8.08. The van der Waals surface area contributed by atoms with Crippen molar-refractivity contribution in [1.29, 1.82) is 0 Å². The van der Waals surface area contributed by atoms with Crippen molar-refractivity contribution < 1.29 is 0 Å². The van der Waals surface area contributed by atoms with Crippen LogP contribution in [0.3, 0.4) is 0 Å². The van der Waals surface area contributed by atoms with Gasteiger partial charge in [0.15, 0.2) is 0 Å². The van der Waals surface area contributed by atoms with Crippen LogP contribution in [-0.4, -0.2) is 23.1 Å². The van der Waals surface area contributed by atoms with Gasteiger partial charge in [-0.3, -0.25) is 4.79 Å². The number of anilines is 1. The molecular weight excluding hydrogens is 166 g/mol. The minimum absolute atomic E-state index is 0.0976. The highest BCUT2D eigenvalue weighted by Gasteiger charge is 2.03. The smallest absolute Gasteiger partial charge is 0.252 e. The Morgan fingerprint density at radius 1 is 1.54 bits per heavy atom. The normalized spacial score (nSPS) is 10.0. The second-order valence-corrected chi connectivity index (χ2v) is 2.85. The Morgan fingerprint density at radius 3 is 2.85 bits per heavy atom. The van der Waals surface area contributed by atoms with E-state index in [1.165, 1.54) is 12.4 Å². The van der Waals surface area contributed by atoms with Crippen LogP contribution in [0, 0.1) is 0 Å². The zero-order chi connectivity index (χ0) is 9.68. The van der Waals surface area contributed by atoms with Crippen molar-refractivity contribution in [3.63, 3.8) is 0 Å². The average Bonchev–Trinajstić information content (AvgIpc) is 2.14. The molecule has 0 fully saturated rings. The van der Waals surface area contributed by atoms with E-state index >= 15 is 0 Å². The monoisotopic (exact) mass is 181 g/mol. The molecule has 1 aromatic rings. The first-order chi connectivity index (χ1) is 6.27. The van der Waals surface area contributed by atoms with Crippen LogP contribution in [-0.2, 0) is 0 Å². The van der Waals surface area contributed by atoms with Crippen LogP contribution in [0.2, 0.25) is 0 Å². The maximum absolute atomic E-state index is 11.0. The summed E-state index contributed by atoms with van der Waals surface area (Å²) in [6.07, 6.45) is 2.50. The Balaban J connectivity index is 2.84. The molecule has 0 aliphatic heterocycles. The highest BCUT2D eigenvalue weighted by Crippen LogP contribution is 2.05. The maximum atomic E-state index is 11.0. The van der Waals surface area contributed by atoms with Crippen LogP contribution < -0.4 is 10.5 Å². The molecule has 0 spiro atoms. The van der Waals surface area contributed by atoms with E-state index in [4.69, 9.17) is 0 Å². The van der Waals surface area contributed by atoms with E-state index in [0.29, 0.717) is 0 Å². The van der Waals surface area contributed by atoms with E-state index < -0.39 is 0 Å². The molecule has 1 rings (SSSR count). The molecule has 13 heavy (non-hydrogen) atoms. The van der Waals surface area contributed by atoms with Crippen LogP contribution in [0.15, 0.2) is 17.2 Å². The summed E-state index contributed by atoms with van der Waals surface area (Å²) in [6.45, 7) is 5.98. The van der Waals surface area contributed by atoms with E-state index in [1.54, 1.807) is 0 Å². The van der Waals surface area contributed by atoms with E-state index in [2.05, 4.69) is 28.7 Å². The summed E-state index contributed by atoms with van der Waals surface area (Å²) in [7, 11) is 0. The summed E-state index contributed by atoms with van der Waals surface area (Å²) in [6, 6.07) is 1.53. The number of nitrogens with zero attached hydrogens (tertiary/aromatic N) is 2. The molecule has 1 aromatic heterocycles. The van der Waals surface area contributed by atoms with Gasteiger partial charge in [0.25, 0.3) is 5.56 Å². The molecule has 0 aliphatic rings. The summed E-state index contributed by atoms with van der Waals surface area (Å²) >= 11 is 0. The number of H-pyrrole nitrogens is 1. The Hall–Kier alpha value is -1.32. The summed E-state index contributed by atoms with van der Waals surface area (Å²) in [5.41, 5.74) is -0.0976. The van der Waals surface area contributed by atoms with E-state index in [9.17, 15) is 4.79 Å². The molecule has 0 saturated heterocycles. The van der Waals surface area contributed by atoms with Crippen molar-refractivity contribution in [2.45, 2.75) is 20.3 Å². The predicted molar refractivity (Wildman–Crippen MR) is 53.0 cm³/mol. The lowest BCUT2D eigenvalue weighted by molar-refractivity contribution is 0.775. The summed E-state index contributed by atoms with van der Waals surface area (Å²) < 4.78 is 0. The van der Waals surface area contributed by atoms with Crippen LogP contribution in [0.25, 0.3) is 0 Å². The molecule has 0 bridgehead atoms. The molecule has 0 aliphatic carbocycles. The van der Waals surface area contributed by atoms with Crippen molar-refractivity contribution in [1.82, 2.24) is 9.97 Å². The van der Waals surface area contributed by atoms with Crippen molar-refractivity contribution in [2.75, 3.05) is 18.0 Å². The summed E-state index contributed by atoms with van der Waals surface area (Å²) in [5, 5.41) is 0. The second-order valence-electron chi connectivity index (χ2n) is 2.85. The fraction of sp³-hybridized carbons (Fsp3) is 0.556. The Bertz CT molecular complexity index is 308. The minimum atomic E-state index is -0.0976. The number of hydrogen-bond donors (Lipinski definition) is 1. The third kappa shape index (κ3) is 2.57. The first kappa shape index (κ1) is 9.77. The molecular formula is C9H15N3O. The zero-order valence-corrected chi connectivity index (χ0v) is 8.08. The van der Waals surface area contributed by atoms with Gasteiger partial charge in [-0.15, -0.1) is 0 Å². The fourth-order valence-corrected chi connectivity index (χ4v) is 1.24. The van der Waals surface area contributed by atoms with E-state index in [-0.39, 0.29) is 5.56 Å². The van der Waals surface area contributed by atoms with Gasteiger partial charge < -0.3 is 9.88 Å². The largest absolute Gasteiger partial charge is 0.357 e. The molecule has 0 atom stereocenters. The first-order valence-corrected chi connectivity index (χ1v) is 4.57. The van der Waals surface area contributed by atoms with Gasteiger partial charge in [0.2, 0.25) is 0 Å². The topological polar surface area (TPSA) is 49.0 Å². The van der Waals surface area contributed by atoms with Crippen molar-refractivity contribution in [3.05, 3.63) is 22.7 Å². The molecule has 1 N–H and O–H groups in total. The number of hydrogen-bond acceptors (Lipinski definition) is 3. The molecule has 0 saturated carbocycles. The lowest BCUT2D eigenvalue weighted by atomic mass is 10.4. The number of aromatic nitrogens is 2. The first-order valence-electron chi connectivity index (χ1n) is 4.57. The molecule has 4 nitrogen and oxygen atoms in total. The number of aromatic amines is 1. The molecule has 1 heterocycles. The second kappa shape index (κ2) is 4.64.